The standard InChI is InChI=1S/C21H32N2/c1-7-10-11-20(16(5)23-6)18(9-3)21-14-17(8-2)12-13-19(21)15(4)22/h7,12-14,18,20,23H,1,4-5,8-11,22H2,2-3,6H3. The summed E-state index contributed by atoms with van der Waals surface area (Å²) < 4.78 is 0. The van der Waals surface area contributed by atoms with E-state index >= 15 is 0 Å². The molecule has 1 rings (SSSR count). The number of hydrogen-bond acceptors (Lipinski definition) is 2. The smallest absolute Gasteiger partial charge is 0.0317 e. The van der Waals surface area contributed by atoms with E-state index in [-0.39, 0.29) is 0 Å². The van der Waals surface area contributed by atoms with E-state index in [0.717, 1.165) is 36.9 Å². The molecule has 0 spiro atoms. The zero-order valence-electron chi connectivity index (χ0n) is 15.0. The normalized spacial score (nSPS) is 13.2. The fourth-order valence-electron chi connectivity index (χ4n) is 3.25. The van der Waals surface area contributed by atoms with Gasteiger partial charge in [0.05, 0.1) is 0 Å². The molecule has 0 bridgehead atoms. The Kier molecular flexibility index (Phi) is 7.67. The summed E-state index contributed by atoms with van der Waals surface area (Å²) in [4.78, 5) is 0. The van der Waals surface area contributed by atoms with Crippen LogP contribution in [0.25, 0.3) is 5.70 Å². The summed E-state index contributed by atoms with van der Waals surface area (Å²) in [5.41, 5.74) is 11.5. The molecular formula is C21H32N2. The zero-order valence-corrected chi connectivity index (χ0v) is 15.0. The van der Waals surface area contributed by atoms with Gasteiger partial charge in [-0.3, -0.25) is 0 Å². The Morgan fingerprint density at radius 3 is 2.48 bits per heavy atom. The summed E-state index contributed by atoms with van der Waals surface area (Å²) in [7, 11) is 1.95. The molecule has 0 amide bonds. The average Bonchev–Trinajstić information content (AvgIpc) is 2.57. The monoisotopic (exact) mass is 312 g/mol. The molecule has 0 aliphatic carbocycles. The molecule has 2 nitrogen and oxygen atoms in total. The molecule has 1 aromatic rings. The molecule has 2 unspecified atom stereocenters. The first-order chi connectivity index (χ1) is 11.0. The number of nitrogens with two attached hydrogens (primary N) is 1. The molecule has 0 radical (unpaired) electrons. The van der Waals surface area contributed by atoms with Gasteiger partial charge < -0.3 is 11.1 Å². The van der Waals surface area contributed by atoms with E-state index in [1.165, 1.54) is 11.1 Å². The Bertz CT molecular complexity index is 557. The predicted molar refractivity (Wildman–Crippen MR) is 103 cm³/mol. The highest BCUT2D eigenvalue weighted by atomic mass is 14.8. The molecule has 2 atom stereocenters. The lowest BCUT2D eigenvalue weighted by Crippen LogP contribution is -2.23. The fourth-order valence-corrected chi connectivity index (χ4v) is 3.25. The molecule has 3 N–H and O–H groups in total. The Hall–Kier alpha value is -1.96. The van der Waals surface area contributed by atoms with Gasteiger partial charge in [0.2, 0.25) is 0 Å². The van der Waals surface area contributed by atoms with Gasteiger partial charge in [0.1, 0.15) is 0 Å². The maximum atomic E-state index is 6.06. The number of allylic oxidation sites excluding steroid dienone is 2. The van der Waals surface area contributed by atoms with Crippen LogP contribution in [-0.4, -0.2) is 7.05 Å². The topological polar surface area (TPSA) is 38.0 Å². The van der Waals surface area contributed by atoms with Gasteiger partial charge in [-0.05, 0) is 42.7 Å². The minimum atomic E-state index is 0.355. The van der Waals surface area contributed by atoms with Crippen LogP contribution in [0, 0.1) is 5.92 Å². The number of benzene rings is 1. The molecular weight excluding hydrogens is 280 g/mol. The molecule has 0 saturated heterocycles. The average molecular weight is 313 g/mol. The fraction of sp³-hybridized carbons (Fsp3) is 0.429. The van der Waals surface area contributed by atoms with Gasteiger partial charge >= 0.3 is 0 Å². The predicted octanol–water partition coefficient (Wildman–Crippen LogP) is 4.99. The van der Waals surface area contributed by atoms with Gasteiger partial charge in [-0.25, -0.2) is 0 Å². The number of nitrogens with one attached hydrogen (secondary N) is 1. The molecule has 0 fully saturated rings. The molecule has 2 heteroatoms. The van der Waals surface area contributed by atoms with E-state index in [1.807, 2.05) is 13.1 Å². The SMILES string of the molecule is C=CCCC(C(=C)NC)C(CC)c1cc(CC)ccc1C(=C)N. The quantitative estimate of drug-likeness (QED) is 0.597. The second-order valence-corrected chi connectivity index (χ2v) is 6.06. The molecule has 1 aromatic carbocycles. The van der Waals surface area contributed by atoms with Crippen LogP contribution in [0.5, 0.6) is 0 Å². The van der Waals surface area contributed by atoms with Crippen LogP contribution in [0.15, 0.2) is 49.7 Å². The third-order valence-electron chi connectivity index (χ3n) is 4.65. The van der Waals surface area contributed by atoms with Gasteiger partial charge in [0.15, 0.2) is 0 Å². The molecule has 126 valence electrons. The van der Waals surface area contributed by atoms with E-state index in [9.17, 15) is 0 Å². The Morgan fingerprint density at radius 1 is 1.30 bits per heavy atom. The first-order valence-electron chi connectivity index (χ1n) is 8.55. The van der Waals surface area contributed by atoms with Crippen LogP contribution in [0.1, 0.15) is 55.7 Å². The zero-order chi connectivity index (χ0) is 17.4. The lowest BCUT2D eigenvalue weighted by atomic mass is 9.77. The summed E-state index contributed by atoms with van der Waals surface area (Å²) in [5, 5.41) is 3.25. The van der Waals surface area contributed by atoms with Crippen molar-refractivity contribution >= 4 is 5.70 Å². The summed E-state index contributed by atoms with van der Waals surface area (Å²) in [6.07, 6.45) is 6.05. The maximum absolute atomic E-state index is 6.06. The lowest BCUT2D eigenvalue weighted by molar-refractivity contribution is 0.427. The van der Waals surface area contributed by atoms with Crippen molar-refractivity contribution in [1.29, 1.82) is 0 Å². The van der Waals surface area contributed by atoms with Crippen molar-refractivity contribution in [3.63, 3.8) is 0 Å². The Morgan fingerprint density at radius 2 is 2.00 bits per heavy atom. The summed E-state index contributed by atoms with van der Waals surface area (Å²) >= 11 is 0. The van der Waals surface area contributed by atoms with Crippen molar-refractivity contribution in [1.82, 2.24) is 5.32 Å². The minimum Gasteiger partial charge on any atom is -0.399 e. The van der Waals surface area contributed by atoms with E-state index in [4.69, 9.17) is 5.73 Å². The molecule has 0 heterocycles. The Balaban J connectivity index is 3.36. The highest BCUT2D eigenvalue weighted by Gasteiger charge is 2.26. The van der Waals surface area contributed by atoms with Gasteiger partial charge in [0, 0.05) is 29.9 Å². The molecule has 23 heavy (non-hydrogen) atoms. The summed E-state index contributed by atoms with van der Waals surface area (Å²) in [5.74, 6) is 0.727. The van der Waals surface area contributed by atoms with Crippen LogP contribution in [0.2, 0.25) is 0 Å². The van der Waals surface area contributed by atoms with E-state index in [0.29, 0.717) is 17.5 Å². The van der Waals surface area contributed by atoms with Crippen LogP contribution in [0.3, 0.4) is 0 Å². The van der Waals surface area contributed by atoms with Crippen molar-refractivity contribution < 1.29 is 0 Å². The van der Waals surface area contributed by atoms with Crippen LogP contribution in [-0.2, 0) is 6.42 Å². The van der Waals surface area contributed by atoms with Crippen molar-refractivity contribution in [2.24, 2.45) is 11.7 Å². The molecule has 0 aliphatic heterocycles. The maximum Gasteiger partial charge on any atom is 0.0317 e. The lowest BCUT2D eigenvalue weighted by Gasteiger charge is -2.30. The van der Waals surface area contributed by atoms with Crippen molar-refractivity contribution in [3.8, 4) is 0 Å². The van der Waals surface area contributed by atoms with Crippen LogP contribution in [0.4, 0.5) is 0 Å². The summed E-state index contributed by atoms with van der Waals surface area (Å²) in [6, 6.07) is 6.56. The second-order valence-electron chi connectivity index (χ2n) is 6.06. The van der Waals surface area contributed by atoms with Gasteiger partial charge in [-0.15, -0.1) is 6.58 Å². The third kappa shape index (κ3) is 4.75. The van der Waals surface area contributed by atoms with Gasteiger partial charge in [-0.2, -0.15) is 0 Å². The van der Waals surface area contributed by atoms with Crippen LogP contribution >= 0.6 is 0 Å². The number of aryl methyl sites for hydroxylation is 1. The van der Waals surface area contributed by atoms with Crippen LogP contribution < -0.4 is 11.1 Å². The molecule has 0 aromatic heterocycles. The summed E-state index contributed by atoms with van der Waals surface area (Å²) in [6.45, 7) is 16.5. The highest BCUT2D eigenvalue weighted by molar-refractivity contribution is 5.65. The van der Waals surface area contributed by atoms with E-state index in [2.05, 4.69) is 57.1 Å². The van der Waals surface area contributed by atoms with Crippen molar-refractivity contribution in [2.45, 2.75) is 45.4 Å². The van der Waals surface area contributed by atoms with Gasteiger partial charge in [0.25, 0.3) is 0 Å². The van der Waals surface area contributed by atoms with Crippen molar-refractivity contribution in [3.05, 3.63) is 66.4 Å². The highest BCUT2D eigenvalue weighted by Crippen LogP contribution is 2.38. The third-order valence-corrected chi connectivity index (χ3v) is 4.65. The largest absolute Gasteiger partial charge is 0.399 e. The molecule has 0 aliphatic rings. The number of rotatable bonds is 10. The molecule has 0 saturated carbocycles. The second kappa shape index (κ2) is 9.24. The van der Waals surface area contributed by atoms with E-state index in [1.54, 1.807) is 0 Å². The number of hydrogen-bond donors (Lipinski definition) is 2. The minimum absolute atomic E-state index is 0.355. The first-order valence-corrected chi connectivity index (χ1v) is 8.55. The van der Waals surface area contributed by atoms with Crippen molar-refractivity contribution in [2.75, 3.05) is 7.05 Å². The Labute approximate surface area is 142 Å². The first kappa shape index (κ1) is 19.1. The van der Waals surface area contributed by atoms with E-state index < -0.39 is 0 Å². The van der Waals surface area contributed by atoms with Gasteiger partial charge in [-0.1, -0.05) is 51.3 Å².